The molecule has 1 amide bonds. The molecular weight excluding hydrogens is 626 g/mol. The summed E-state index contributed by atoms with van der Waals surface area (Å²) in [5.41, 5.74) is -1.20. The van der Waals surface area contributed by atoms with Crippen LogP contribution >= 0.6 is 23.2 Å². The lowest BCUT2D eigenvalue weighted by atomic mass is 10.2. The number of sulfonamides is 2. The lowest BCUT2D eigenvalue weighted by Gasteiger charge is -2.13. The van der Waals surface area contributed by atoms with Crippen molar-refractivity contribution in [3.63, 3.8) is 0 Å². The van der Waals surface area contributed by atoms with Crippen LogP contribution in [0.25, 0.3) is 0 Å². The number of carbonyl (C=O) groups excluding carboxylic acids is 1. The minimum Gasteiger partial charge on any atom is -0.322 e. The van der Waals surface area contributed by atoms with Gasteiger partial charge in [-0.3, -0.25) is 14.2 Å². The Hall–Kier alpha value is -3.78. The molecule has 4 aromatic rings. The van der Waals surface area contributed by atoms with Crippen LogP contribution in [0.15, 0.2) is 101 Å². The molecule has 3 N–H and O–H groups in total. The van der Waals surface area contributed by atoms with Crippen LogP contribution in [-0.4, -0.2) is 22.7 Å². The lowest BCUT2D eigenvalue weighted by Crippen LogP contribution is -2.15. The van der Waals surface area contributed by atoms with Crippen molar-refractivity contribution < 1.29 is 34.8 Å². The van der Waals surface area contributed by atoms with Crippen molar-refractivity contribution in [1.29, 1.82) is 0 Å². The first-order valence-electron chi connectivity index (χ1n) is 11.3. The first-order chi connectivity index (χ1) is 19.2. The Morgan fingerprint density at radius 1 is 0.659 bits per heavy atom. The van der Waals surface area contributed by atoms with E-state index in [1.165, 1.54) is 42.5 Å². The molecule has 0 saturated heterocycles. The maximum atomic E-state index is 13.1. The molecule has 0 atom stereocenters. The van der Waals surface area contributed by atoms with E-state index in [1.54, 1.807) is 18.2 Å². The summed E-state index contributed by atoms with van der Waals surface area (Å²) in [6.07, 6.45) is -4.78. The van der Waals surface area contributed by atoms with Crippen LogP contribution in [0, 0.1) is 0 Å². The van der Waals surface area contributed by atoms with Gasteiger partial charge in [-0.2, -0.15) is 13.2 Å². The quantitative estimate of drug-likeness (QED) is 0.193. The molecule has 0 aliphatic heterocycles. The van der Waals surface area contributed by atoms with Gasteiger partial charge in [0.05, 0.1) is 31.1 Å². The Morgan fingerprint density at radius 3 is 1.85 bits per heavy atom. The topological polar surface area (TPSA) is 121 Å². The fourth-order valence-corrected chi connectivity index (χ4v) is 6.14. The van der Waals surface area contributed by atoms with Crippen LogP contribution in [0.2, 0.25) is 10.0 Å². The fourth-order valence-electron chi connectivity index (χ4n) is 3.48. The Bertz CT molecular complexity index is 1820. The molecule has 0 heterocycles. The van der Waals surface area contributed by atoms with Gasteiger partial charge in [-0.05, 0) is 72.8 Å². The van der Waals surface area contributed by atoms with Gasteiger partial charge in [0.2, 0.25) is 0 Å². The third-order valence-electron chi connectivity index (χ3n) is 5.48. The van der Waals surface area contributed by atoms with Gasteiger partial charge in [0.15, 0.2) is 0 Å². The average molecular weight is 644 g/mol. The molecule has 8 nitrogen and oxygen atoms in total. The molecule has 15 heteroatoms. The second kappa shape index (κ2) is 11.6. The SMILES string of the molecule is O=C(Nc1ccc(S(=O)(=O)Nc2ccc(Cl)c(C(F)(F)F)c2)cc1)c1ccc(NS(=O)(=O)c2ccccc2)c(Cl)c1. The number of rotatable bonds is 8. The van der Waals surface area contributed by atoms with E-state index in [2.05, 4.69) is 14.8 Å². The lowest BCUT2D eigenvalue weighted by molar-refractivity contribution is -0.137. The van der Waals surface area contributed by atoms with Crippen LogP contribution < -0.4 is 14.8 Å². The van der Waals surface area contributed by atoms with Crippen LogP contribution in [0.1, 0.15) is 15.9 Å². The van der Waals surface area contributed by atoms with Crippen molar-refractivity contribution in [2.75, 3.05) is 14.8 Å². The van der Waals surface area contributed by atoms with Crippen LogP contribution in [-0.2, 0) is 26.2 Å². The minimum atomic E-state index is -4.78. The molecule has 0 bridgehead atoms. The van der Waals surface area contributed by atoms with Gasteiger partial charge in [-0.25, -0.2) is 16.8 Å². The first kappa shape index (κ1) is 30.2. The molecule has 0 saturated carbocycles. The second-order valence-corrected chi connectivity index (χ2v) is 12.6. The van der Waals surface area contributed by atoms with Crippen LogP contribution in [0.5, 0.6) is 0 Å². The maximum Gasteiger partial charge on any atom is 0.417 e. The third-order valence-corrected chi connectivity index (χ3v) is 8.90. The molecule has 41 heavy (non-hydrogen) atoms. The Balaban J connectivity index is 1.44. The number of nitrogens with one attached hydrogen (secondary N) is 3. The number of halogens is 5. The summed E-state index contributed by atoms with van der Waals surface area (Å²) >= 11 is 11.8. The van der Waals surface area contributed by atoms with Crippen molar-refractivity contribution >= 4 is 66.2 Å². The molecule has 214 valence electrons. The van der Waals surface area contributed by atoms with Crippen LogP contribution in [0.3, 0.4) is 0 Å². The van der Waals surface area contributed by atoms with Gasteiger partial charge in [0, 0.05) is 16.9 Å². The van der Waals surface area contributed by atoms with E-state index in [0.717, 1.165) is 24.3 Å². The van der Waals surface area contributed by atoms with Gasteiger partial charge < -0.3 is 5.32 Å². The van der Waals surface area contributed by atoms with E-state index >= 15 is 0 Å². The number of hydrogen-bond acceptors (Lipinski definition) is 5. The number of hydrogen-bond donors (Lipinski definition) is 3. The van der Waals surface area contributed by atoms with Crippen molar-refractivity contribution in [3.05, 3.63) is 112 Å². The second-order valence-electron chi connectivity index (χ2n) is 8.39. The molecule has 0 aromatic heterocycles. The largest absolute Gasteiger partial charge is 0.417 e. The molecule has 0 radical (unpaired) electrons. The summed E-state index contributed by atoms with van der Waals surface area (Å²) in [6, 6.07) is 19.0. The van der Waals surface area contributed by atoms with Gasteiger partial charge in [-0.15, -0.1) is 0 Å². The number of amides is 1. The monoisotopic (exact) mass is 643 g/mol. The molecule has 0 fully saturated rings. The smallest absolute Gasteiger partial charge is 0.322 e. The van der Waals surface area contributed by atoms with E-state index in [0.29, 0.717) is 6.07 Å². The molecule has 0 spiro atoms. The van der Waals surface area contributed by atoms with E-state index in [4.69, 9.17) is 23.2 Å². The maximum absolute atomic E-state index is 13.1. The zero-order valence-electron chi connectivity index (χ0n) is 20.4. The fraction of sp³-hybridized carbons (Fsp3) is 0.0385. The highest BCUT2D eigenvalue weighted by atomic mass is 35.5. The van der Waals surface area contributed by atoms with Crippen molar-refractivity contribution in [3.8, 4) is 0 Å². The Kier molecular flexibility index (Phi) is 8.54. The molecule has 0 aliphatic rings. The van der Waals surface area contributed by atoms with E-state index < -0.39 is 42.7 Å². The zero-order valence-corrected chi connectivity index (χ0v) is 23.6. The third kappa shape index (κ3) is 7.30. The summed E-state index contributed by atoms with van der Waals surface area (Å²) in [4.78, 5) is 12.5. The number of carbonyl (C=O) groups is 1. The highest BCUT2D eigenvalue weighted by Gasteiger charge is 2.33. The summed E-state index contributed by atoms with van der Waals surface area (Å²) in [7, 11) is -8.19. The van der Waals surface area contributed by atoms with Gasteiger partial charge in [0.1, 0.15) is 0 Å². The van der Waals surface area contributed by atoms with E-state index in [9.17, 15) is 34.8 Å². The summed E-state index contributed by atoms with van der Waals surface area (Å²) in [5, 5.41) is 1.93. The number of anilines is 3. The predicted molar refractivity (Wildman–Crippen MR) is 150 cm³/mol. The molecule has 4 aromatic carbocycles. The summed E-state index contributed by atoms with van der Waals surface area (Å²) in [6.45, 7) is 0. The first-order valence-corrected chi connectivity index (χ1v) is 15.1. The van der Waals surface area contributed by atoms with E-state index in [-0.39, 0.29) is 37.4 Å². The zero-order chi connectivity index (χ0) is 30.0. The van der Waals surface area contributed by atoms with E-state index in [1.807, 2.05) is 0 Å². The predicted octanol–water partition coefficient (Wildman–Crippen LogP) is 6.87. The average Bonchev–Trinajstić information content (AvgIpc) is 2.91. The van der Waals surface area contributed by atoms with Gasteiger partial charge in [0.25, 0.3) is 26.0 Å². The number of alkyl halides is 3. The molecule has 4 rings (SSSR count). The number of benzene rings is 4. The molecule has 0 aliphatic carbocycles. The van der Waals surface area contributed by atoms with Crippen LogP contribution in [0.4, 0.5) is 30.2 Å². The van der Waals surface area contributed by atoms with Gasteiger partial charge >= 0.3 is 6.18 Å². The highest BCUT2D eigenvalue weighted by Crippen LogP contribution is 2.36. The minimum absolute atomic E-state index is 0.0257. The Morgan fingerprint density at radius 2 is 1.24 bits per heavy atom. The standard InChI is InChI=1S/C26H18Cl2F3N3O5S2/c27-22-12-9-18(15-21(22)26(29,30)31)33-40(36,37)20-10-7-17(8-11-20)32-25(35)16-6-13-24(23(28)14-16)34-41(38,39)19-4-2-1-3-5-19/h1-15,33-34H,(H,32,35). The van der Waals surface area contributed by atoms with Gasteiger partial charge in [-0.1, -0.05) is 41.4 Å². The normalized spacial score (nSPS) is 12.0. The van der Waals surface area contributed by atoms with Crippen molar-refractivity contribution in [2.45, 2.75) is 16.0 Å². The summed E-state index contributed by atoms with van der Waals surface area (Å²) in [5.74, 6) is -0.626. The van der Waals surface area contributed by atoms with Crippen molar-refractivity contribution in [2.24, 2.45) is 0 Å². The summed E-state index contributed by atoms with van der Waals surface area (Å²) < 4.78 is 94.1. The molecular formula is C26H18Cl2F3N3O5S2. The van der Waals surface area contributed by atoms with Crippen molar-refractivity contribution in [1.82, 2.24) is 0 Å². The highest BCUT2D eigenvalue weighted by molar-refractivity contribution is 7.93. The molecule has 0 unspecified atom stereocenters. The Labute approximate surface area is 243 Å².